The Morgan fingerprint density at radius 2 is 1.78 bits per heavy atom. The molecule has 2 aromatic rings. The number of alkyl halides is 3. The van der Waals surface area contributed by atoms with Gasteiger partial charge in [0.15, 0.2) is 5.69 Å². The number of carbonyl (C=O) groups is 1. The number of hydrogen-bond acceptors (Lipinski definition) is 3. The third-order valence-corrected chi connectivity index (χ3v) is 5.49. The van der Waals surface area contributed by atoms with E-state index in [0.29, 0.717) is 26.2 Å². The number of aromatic nitrogens is 2. The molecule has 0 aliphatic carbocycles. The minimum Gasteiger partial charge on any atom is -0.368 e. The van der Waals surface area contributed by atoms with Crippen LogP contribution in [-0.2, 0) is 17.5 Å². The SMILES string of the molecule is Cc1c(Cl)c(C(F)(F)F)nn1CC(=O)N1CCN(c2ccc(Br)cc2)CC1. The van der Waals surface area contributed by atoms with Crippen LogP contribution in [0.3, 0.4) is 0 Å². The van der Waals surface area contributed by atoms with E-state index >= 15 is 0 Å². The van der Waals surface area contributed by atoms with E-state index in [9.17, 15) is 18.0 Å². The first-order valence-corrected chi connectivity index (χ1v) is 9.42. The van der Waals surface area contributed by atoms with Gasteiger partial charge in [-0.3, -0.25) is 9.48 Å². The summed E-state index contributed by atoms with van der Waals surface area (Å²) in [6.07, 6.45) is -4.65. The Hall–Kier alpha value is -1.74. The summed E-state index contributed by atoms with van der Waals surface area (Å²) >= 11 is 9.12. The van der Waals surface area contributed by atoms with Gasteiger partial charge in [0.1, 0.15) is 6.54 Å². The van der Waals surface area contributed by atoms with Crippen molar-refractivity contribution in [1.29, 1.82) is 0 Å². The molecule has 1 aromatic carbocycles. The van der Waals surface area contributed by atoms with E-state index < -0.39 is 16.9 Å². The average molecular weight is 466 g/mol. The van der Waals surface area contributed by atoms with Gasteiger partial charge in [-0.1, -0.05) is 27.5 Å². The van der Waals surface area contributed by atoms with Crippen LogP contribution in [0.25, 0.3) is 0 Å². The van der Waals surface area contributed by atoms with Gasteiger partial charge in [0.25, 0.3) is 0 Å². The van der Waals surface area contributed by atoms with Gasteiger partial charge >= 0.3 is 6.18 Å². The number of piperazine rings is 1. The molecule has 27 heavy (non-hydrogen) atoms. The normalized spacial score (nSPS) is 15.3. The van der Waals surface area contributed by atoms with Crippen LogP contribution in [0.15, 0.2) is 28.7 Å². The fraction of sp³-hybridized carbons (Fsp3) is 0.412. The lowest BCUT2D eigenvalue weighted by atomic mass is 10.2. The predicted molar refractivity (Wildman–Crippen MR) is 99.9 cm³/mol. The molecule has 10 heteroatoms. The third-order valence-electron chi connectivity index (χ3n) is 4.51. The largest absolute Gasteiger partial charge is 0.436 e. The van der Waals surface area contributed by atoms with Gasteiger partial charge in [0.05, 0.1) is 10.7 Å². The van der Waals surface area contributed by atoms with Gasteiger partial charge in [-0.25, -0.2) is 0 Å². The molecule has 5 nitrogen and oxygen atoms in total. The number of benzene rings is 1. The standard InChI is InChI=1S/C17H17BrClF3N4O/c1-11-15(19)16(17(20,21)22)23-26(11)10-14(27)25-8-6-24(7-9-25)13-4-2-12(18)3-5-13/h2-5H,6-10H2,1H3. The van der Waals surface area contributed by atoms with Crippen molar-refractivity contribution in [3.05, 3.63) is 45.1 Å². The Balaban J connectivity index is 1.63. The predicted octanol–water partition coefficient (Wildman–Crippen LogP) is 3.98. The molecule has 1 aliphatic rings. The van der Waals surface area contributed by atoms with Crippen LogP contribution >= 0.6 is 27.5 Å². The van der Waals surface area contributed by atoms with Crippen molar-refractivity contribution in [2.24, 2.45) is 0 Å². The maximum Gasteiger partial charge on any atom is 0.436 e. The summed E-state index contributed by atoms with van der Waals surface area (Å²) in [4.78, 5) is 16.3. The van der Waals surface area contributed by atoms with Crippen molar-refractivity contribution < 1.29 is 18.0 Å². The first-order chi connectivity index (χ1) is 12.7. The topological polar surface area (TPSA) is 41.4 Å². The van der Waals surface area contributed by atoms with Gasteiger partial charge in [0.2, 0.25) is 5.91 Å². The van der Waals surface area contributed by atoms with Crippen molar-refractivity contribution in [3.63, 3.8) is 0 Å². The summed E-state index contributed by atoms with van der Waals surface area (Å²) in [5.41, 5.74) is 0.0372. The summed E-state index contributed by atoms with van der Waals surface area (Å²) < 4.78 is 40.7. The molecule has 0 spiro atoms. The van der Waals surface area contributed by atoms with E-state index in [4.69, 9.17) is 11.6 Å². The Morgan fingerprint density at radius 3 is 2.30 bits per heavy atom. The summed E-state index contributed by atoms with van der Waals surface area (Å²) in [6, 6.07) is 7.90. The summed E-state index contributed by atoms with van der Waals surface area (Å²) in [5, 5.41) is 3.02. The number of anilines is 1. The molecule has 3 rings (SSSR count). The molecule has 1 fully saturated rings. The highest BCUT2D eigenvalue weighted by Gasteiger charge is 2.38. The van der Waals surface area contributed by atoms with Crippen LogP contribution < -0.4 is 4.90 Å². The quantitative estimate of drug-likeness (QED) is 0.689. The Labute approximate surface area is 167 Å². The monoisotopic (exact) mass is 464 g/mol. The van der Waals surface area contributed by atoms with Crippen molar-refractivity contribution >= 4 is 39.1 Å². The summed E-state index contributed by atoms with van der Waals surface area (Å²) in [5.74, 6) is -0.276. The van der Waals surface area contributed by atoms with E-state index in [0.717, 1.165) is 14.8 Å². The molecule has 0 saturated carbocycles. The second-order valence-electron chi connectivity index (χ2n) is 6.25. The highest BCUT2D eigenvalue weighted by atomic mass is 79.9. The molecule has 1 aliphatic heterocycles. The van der Waals surface area contributed by atoms with Gasteiger partial charge in [-0.15, -0.1) is 0 Å². The number of carbonyl (C=O) groups excluding carboxylic acids is 1. The molecule has 146 valence electrons. The number of nitrogens with zero attached hydrogens (tertiary/aromatic N) is 4. The molecule has 0 unspecified atom stereocenters. The molecule has 1 amide bonds. The van der Waals surface area contributed by atoms with E-state index in [1.54, 1.807) is 4.90 Å². The number of amides is 1. The lowest BCUT2D eigenvalue weighted by Crippen LogP contribution is -2.49. The molecule has 0 bridgehead atoms. The highest BCUT2D eigenvalue weighted by Crippen LogP contribution is 2.35. The Bertz CT molecular complexity index is 830. The zero-order valence-electron chi connectivity index (χ0n) is 14.4. The Kier molecular flexibility index (Phi) is 5.71. The fourth-order valence-electron chi connectivity index (χ4n) is 2.95. The Morgan fingerprint density at radius 1 is 1.19 bits per heavy atom. The average Bonchev–Trinajstić information content (AvgIpc) is 2.91. The molecule has 2 heterocycles. The minimum absolute atomic E-state index is 0.130. The zero-order valence-corrected chi connectivity index (χ0v) is 16.8. The first kappa shape index (κ1) is 20.0. The summed E-state index contributed by atoms with van der Waals surface area (Å²) in [7, 11) is 0. The van der Waals surface area contributed by atoms with E-state index in [2.05, 4.69) is 25.9 Å². The van der Waals surface area contributed by atoms with Crippen molar-refractivity contribution in [1.82, 2.24) is 14.7 Å². The summed E-state index contributed by atoms with van der Waals surface area (Å²) in [6.45, 7) is 3.45. The molecule has 0 N–H and O–H groups in total. The lowest BCUT2D eigenvalue weighted by Gasteiger charge is -2.36. The first-order valence-electron chi connectivity index (χ1n) is 8.25. The minimum atomic E-state index is -4.65. The van der Waals surface area contributed by atoms with E-state index in [-0.39, 0.29) is 18.1 Å². The van der Waals surface area contributed by atoms with Crippen molar-refractivity contribution in [3.8, 4) is 0 Å². The lowest BCUT2D eigenvalue weighted by molar-refractivity contribution is -0.142. The highest BCUT2D eigenvalue weighted by molar-refractivity contribution is 9.10. The molecule has 0 radical (unpaired) electrons. The van der Waals surface area contributed by atoms with E-state index in [1.807, 2.05) is 24.3 Å². The number of halogens is 5. The van der Waals surface area contributed by atoms with Gasteiger partial charge in [0, 0.05) is 36.3 Å². The maximum absolute atomic E-state index is 12.9. The van der Waals surface area contributed by atoms with E-state index in [1.165, 1.54) is 6.92 Å². The van der Waals surface area contributed by atoms with Crippen LogP contribution in [-0.4, -0.2) is 46.8 Å². The smallest absolute Gasteiger partial charge is 0.368 e. The van der Waals surface area contributed by atoms with Gasteiger partial charge in [-0.2, -0.15) is 18.3 Å². The molecular formula is C17H17BrClF3N4O. The van der Waals surface area contributed by atoms with Gasteiger partial charge in [-0.05, 0) is 31.2 Å². The van der Waals surface area contributed by atoms with Crippen LogP contribution in [0.2, 0.25) is 5.02 Å². The second kappa shape index (κ2) is 7.71. The van der Waals surface area contributed by atoms with Crippen LogP contribution in [0.5, 0.6) is 0 Å². The van der Waals surface area contributed by atoms with Crippen LogP contribution in [0, 0.1) is 6.92 Å². The van der Waals surface area contributed by atoms with Crippen LogP contribution in [0.4, 0.5) is 18.9 Å². The number of rotatable bonds is 3. The van der Waals surface area contributed by atoms with Crippen molar-refractivity contribution in [2.45, 2.75) is 19.6 Å². The second-order valence-corrected chi connectivity index (χ2v) is 7.54. The molecule has 1 saturated heterocycles. The van der Waals surface area contributed by atoms with Crippen molar-refractivity contribution in [2.75, 3.05) is 31.1 Å². The maximum atomic E-state index is 12.9. The zero-order chi connectivity index (χ0) is 19.8. The van der Waals surface area contributed by atoms with Crippen LogP contribution in [0.1, 0.15) is 11.4 Å². The third kappa shape index (κ3) is 4.40. The molecular weight excluding hydrogens is 449 g/mol. The fourth-order valence-corrected chi connectivity index (χ4v) is 3.46. The molecule has 0 atom stereocenters. The number of hydrogen-bond donors (Lipinski definition) is 0. The molecule has 1 aromatic heterocycles. The van der Waals surface area contributed by atoms with Gasteiger partial charge < -0.3 is 9.80 Å².